The molecule has 0 radical (unpaired) electrons. The van der Waals surface area contributed by atoms with Gasteiger partial charge in [0.15, 0.2) is 0 Å². The van der Waals surface area contributed by atoms with E-state index in [-0.39, 0.29) is 18.2 Å². The first kappa shape index (κ1) is 18.4. The Hall–Kier alpha value is -2.89. The lowest BCUT2D eigenvalue weighted by Gasteiger charge is -2.20. The van der Waals surface area contributed by atoms with Crippen LogP contribution >= 0.6 is 0 Å². The van der Waals surface area contributed by atoms with Crippen LogP contribution in [0.15, 0.2) is 48.5 Å². The highest BCUT2D eigenvalue weighted by atomic mass is 19.1. The maximum Gasteiger partial charge on any atom is 0.251 e. The Kier molecular flexibility index (Phi) is 6.51. The van der Waals surface area contributed by atoms with Crippen molar-refractivity contribution in [2.75, 3.05) is 25.6 Å². The number of rotatable bonds is 7. The number of hydrogen-bond donors (Lipinski definition) is 1. The number of amides is 2. The average Bonchev–Trinajstić information content (AvgIpc) is 2.64. The summed E-state index contributed by atoms with van der Waals surface area (Å²) in [7, 11) is 3.04. The smallest absolute Gasteiger partial charge is 0.251 e. The molecule has 1 N–H and O–H groups in total. The summed E-state index contributed by atoms with van der Waals surface area (Å²) in [6.45, 7) is 0.397. The Morgan fingerprint density at radius 2 is 1.88 bits per heavy atom. The lowest BCUT2D eigenvalue weighted by atomic mass is 10.2. The molecular weight excluding hydrogens is 323 g/mol. The van der Waals surface area contributed by atoms with E-state index in [4.69, 9.17) is 4.74 Å². The number of nitrogens with one attached hydrogen (secondary N) is 1. The quantitative estimate of drug-likeness (QED) is 0.786. The summed E-state index contributed by atoms with van der Waals surface area (Å²) in [6, 6.07) is 12.9. The van der Waals surface area contributed by atoms with Gasteiger partial charge in [0.2, 0.25) is 5.91 Å². The highest BCUT2D eigenvalue weighted by Crippen LogP contribution is 2.28. The molecule has 0 aromatic heterocycles. The number of benzene rings is 2. The van der Waals surface area contributed by atoms with Crippen molar-refractivity contribution >= 4 is 17.5 Å². The summed E-state index contributed by atoms with van der Waals surface area (Å²) < 4.78 is 18.4. The first-order valence-electron chi connectivity index (χ1n) is 7.96. The number of hydrogen-bond acceptors (Lipinski definition) is 3. The lowest BCUT2D eigenvalue weighted by molar-refractivity contribution is -0.118. The van der Waals surface area contributed by atoms with E-state index in [9.17, 15) is 14.0 Å². The van der Waals surface area contributed by atoms with Crippen LogP contribution in [0.25, 0.3) is 0 Å². The molecular formula is C19H21FN2O3. The van der Waals surface area contributed by atoms with Crippen LogP contribution < -0.4 is 15.0 Å². The van der Waals surface area contributed by atoms with Crippen LogP contribution in [0.4, 0.5) is 10.1 Å². The van der Waals surface area contributed by atoms with Crippen LogP contribution in [0.2, 0.25) is 0 Å². The van der Waals surface area contributed by atoms with Crippen molar-refractivity contribution in [1.82, 2.24) is 5.32 Å². The van der Waals surface area contributed by atoms with E-state index in [0.717, 1.165) is 0 Å². The van der Waals surface area contributed by atoms with Gasteiger partial charge in [0.1, 0.15) is 11.6 Å². The molecule has 132 valence electrons. The van der Waals surface area contributed by atoms with Gasteiger partial charge in [0.05, 0.1) is 12.8 Å². The number of methoxy groups -OCH3 is 1. The summed E-state index contributed by atoms with van der Waals surface area (Å²) in [5.74, 6) is -0.432. The van der Waals surface area contributed by atoms with Gasteiger partial charge in [-0.25, -0.2) is 4.39 Å². The average molecular weight is 344 g/mol. The summed E-state index contributed by atoms with van der Waals surface area (Å²) in [5.41, 5.74) is 1.09. The van der Waals surface area contributed by atoms with Crippen molar-refractivity contribution in [2.24, 2.45) is 0 Å². The van der Waals surface area contributed by atoms with Crippen LogP contribution in [0.1, 0.15) is 23.2 Å². The first-order chi connectivity index (χ1) is 12.0. The second-order valence-electron chi connectivity index (χ2n) is 5.49. The third kappa shape index (κ3) is 5.04. The molecule has 2 aromatic rings. The molecule has 6 heteroatoms. The Labute approximate surface area is 146 Å². The molecule has 2 aromatic carbocycles. The van der Waals surface area contributed by atoms with Crippen LogP contribution in [0.5, 0.6) is 5.75 Å². The fraction of sp³-hybridized carbons (Fsp3) is 0.263. The molecule has 0 aliphatic carbocycles. The highest BCUT2D eigenvalue weighted by molar-refractivity contribution is 5.95. The molecule has 25 heavy (non-hydrogen) atoms. The zero-order chi connectivity index (χ0) is 18.2. The molecule has 0 atom stereocenters. The normalized spacial score (nSPS) is 10.2. The monoisotopic (exact) mass is 344 g/mol. The minimum Gasteiger partial charge on any atom is -0.494 e. The molecule has 2 amide bonds. The number of nitrogens with zero attached hydrogens (tertiary/aromatic N) is 1. The number of carbonyl (C=O) groups excluding carboxylic acids is 2. The van der Waals surface area contributed by atoms with Gasteiger partial charge < -0.3 is 15.0 Å². The zero-order valence-electron chi connectivity index (χ0n) is 14.3. The third-order valence-corrected chi connectivity index (χ3v) is 3.77. The van der Waals surface area contributed by atoms with Crippen molar-refractivity contribution in [3.63, 3.8) is 0 Å². The predicted octanol–water partition coefficient (Wildman–Crippen LogP) is 3.01. The molecule has 0 unspecified atom stereocenters. The summed E-state index contributed by atoms with van der Waals surface area (Å²) in [5, 5.41) is 2.78. The van der Waals surface area contributed by atoms with E-state index in [2.05, 4.69) is 5.32 Å². The van der Waals surface area contributed by atoms with Crippen molar-refractivity contribution < 1.29 is 18.7 Å². The Morgan fingerprint density at radius 1 is 1.16 bits per heavy atom. The third-order valence-electron chi connectivity index (χ3n) is 3.77. The van der Waals surface area contributed by atoms with Crippen molar-refractivity contribution in [3.8, 4) is 5.75 Å². The van der Waals surface area contributed by atoms with Crippen molar-refractivity contribution in [3.05, 3.63) is 59.9 Å². The summed E-state index contributed by atoms with van der Waals surface area (Å²) in [4.78, 5) is 25.6. The molecule has 0 saturated heterocycles. The molecule has 0 saturated carbocycles. The standard InChI is InChI=1S/C19H21FN2O3/c1-22(16-11-10-15(20)13-17(16)25-2)18(23)9-6-12-21-19(24)14-7-4-3-5-8-14/h3-5,7-8,10-11,13H,6,9,12H2,1-2H3,(H,21,24). The van der Waals surface area contributed by atoms with E-state index in [1.54, 1.807) is 31.3 Å². The molecule has 2 rings (SSSR count). The number of ether oxygens (including phenoxy) is 1. The second-order valence-corrected chi connectivity index (χ2v) is 5.49. The fourth-order valence-corrected chi connectivity index (χ4v) is 2.36. The SMILES string of the molecule is COc1cc(F)ccc1N(C)C(=O)CCCNC(=O)c1ccccc1. The van der Waals surface area contributed by atoms with Gasteiger partial charge in [-0.15, -0.1) is 0 Å². The maximum atomic E-state index is 13.2. The second kappa shape index (κ2) is 8.82. The minimum atomic E-state index is -0.426. The summed E-state index contributed by atoms with van der Waals surface area (Å²) >= 11 is 0. The van der Waals surface area contributed by atoms with Crippen molar-refractivity contribution in [2.45, 2.75) is 12.8 Å². The van der Waals surface area contributed by atoms with Gasteiger partial charge in [0, 0.05) is 31.6 Å². The van der Waals surface area contributed by atoms with Crippen LogP contribution in [0, 0.1) is 5.82 Å². The van der Waals surface area contributed by atoms with Gasteiger partial charge in [0.25, 0.3) is 5.91 Å². The minimum absolute atomic E-state index is 0.140. The number of anilines is 1. The van der Waals surface area contributed by atoms with Crippen LogP contribution in [-0.2, 0) is 4.79 Å². The number of halogens is 1. The Balaban J connectivity index is 1.83. The molecule has 0 spiro atoms. The highest BCUT2D eigenvalue weighted by Gasteiger charge is 2.15. The van der Waals surface area contributed by atoms with E-state index in [1.807, 2.05) is 6.07 Å². The lowest BCUT2D eigenvalue weighted by Crippen LogP contribution is -2.29. The topological polar surface area (TPSA) is 58.6 Å². The largest absolute Gasteiger partial charge is 0.494 e. The molecule has 0 aliphatic rings. The fourth-order valence-electron chi connectivity index (χ4n) is 2.36. The Bertz CT molecular complexity index is 735. The number of carbonyl (C=O) groups is 2. The van der Waals surface area contributed by atoms with Crippen LogP contribution in [-0.4, -0.2) is 32.5 Å². The van der Waals surface area contributed by atoms with E-state index >= 15 is 0 Å². The van der Waals surface area contributed by atoms with Crippen molar-refractivity contribution in [1.29, 1.82) is 0 Å². The summed E-state index contributed by atoms with van der Waals surface area (Å²) in [6.07, 6.45) is 0.761. The van der Waals surface area contributed by atoms with Gasteiger partial charge in [-0.1, -0.05) is 18.2 Å². The molecule has 0 aliphatic heterocycles. The van der Waals surface area contributed by atoms with Gasteiger partial charge >= 0.3 is 0 Å². The molecule has 0 bridgehead atoms. The Morgan fingerprint density at radius 3 is 2.56 bits per heavy atom. The molecule has 0 heterocycles. The van der Waals surface area contributed by atoms with E-state index in [1.165, 1.54) is 30.2 Å². The van der Waals surface area contributed by atoms with Crippen LogP contribution in [0.3, 0.4) is 0 Å². The van der Waals surface area contributed by atoms with Gasteiger partial charge in [-0.2, -0.15) is 0 Å². The molecule has 5 nitrogen and oxygen atoms in total. The van der Waals surface area contributed by atoms with Gasteiger partial charge in [-0.3, -0.25) is 9.59 Å². The van der Waals surface area contributed by atoms with Gasteiger partial charge in [-0.05, 0) is 30.7 Å². The van der Waals surface area contributed by atoms with E-state index in [0.29, 0.717) is 30.0 Å². The van der Waals surface area contributed by atoms with E-state index < -0.39 is 5.82 Å². The molecule has 0 fully saturated rings. The first-order valence-corrected chi connectivity index (χ1v) is 7.96. The zero-order valence-corrected chi connectivity index (χ0v) is 14.3. The maximum absolute atomic E-state index is 13.2. The predicted molar refractivity (Wildman–Crippen MR) is 94.4 cm³/mol.